The van der Waals surface area contributed by atoms with Crippen LogP contribution in [0.3, 0.4) is 0 Å². The Kier molecular flexibility index (Phi) is 4.85. The van der Waals surface area contributed by atoms with Crippen LogP contribution in [0.2, 0.25) is 0 Å². The van der Waals surface area contributed by atoms with Gasteiger partial charge in [-0.15, -0.1) is 0 Å². The number of rotatable bonds is 4. The van der Waals surface area contributed by atoms with Crippen LogP contribution < -0.4 is 10.6 Å². The van der Waals surface area contributed by atoms with Crippen LogP contribution in [-0.2, 0) is 20.7 Å². The summed E-state index contributed by atoms with van der Waals surface area (Å²) in [6.07, 6.45) is 3.45. The highest BCUT2D eigenvalue weighted by molar-refractivity contribution is 5.82. The van der Waals surface area contributed by atoms with Crippen LogP contribution in [0.4, 0.5) is 5.69 Å². The zero-order valence-corrected chi connectivity index (χ0v) is 15.1. The predicted octanol–water partition coefficient (Wildman–Crippen LogP) is 1.18. The third kappa shape index (κ3) is 3.30. The number of hydrogen-bond acceptors (Lipinski definition) is 4. The molecule has 6 nitrogen and oxygen atoms in total. The monoisotopic (exact) mass is 357 g/mol. The van der Waals surface area contributed by atoms with Gasteiger partial charge in [-0.3, -0.25) is 9.59 Å². The molecule has 2 atom stereocenters. The van der Waals surface area contributed by atoms with Gasteiger partial charge in [-0.25, -0.2) is 0 Å². The van der Waals surface area contributed by atoms with E-state index in [9.17, 15) is 9.59 Å². The number of ether oxygens (including phenoxy) is 1. The van der Waals surface area contributed by atoms with Crippen molar-refractivity contribution in [2.75, 3.05) is 37.7 Å². The normalized spacial score (nSPS) is 26.2. The van der Waals surface area contributed by atoms with Crippen LogP contribution in [0.1, 0.15) is 24.8 Å². The zero-order chi connectivity index (χ0) is 18.1. The molecule has 1 aromatic carbocycles. The largest absolute Gasteiger partial charge is 0.377 e. The minimum absolute atomic E-state index is 0.0600. The minimum atomic E-state index is -0.251. The molecule has 0 aliphatic carbocycles. The molecule has 3 aliphatic rings. The maximum atomic E-state index is 12.7. The van der Waals surface area contributed by atoms with Gasteiger partial charge >= 0.3 is 0 Å². The molecule has 3 heterocycles. The minimum Gasteiger partial charge on any atom is -0.377 e. The summed E-state index contributed by atoms with van der Waals surface area (Å²) < 4.78 is 5.80. The van der Waals surface area contributed by atoms with Gasteiger partial charge in [0.25, 0.3) is 0 Å². The Morgan fingerprint density at radius 1 is 1.12 bits per heavy atom. The van der Waals surface area contributed by atoms with Crippen molar-refractivity contribution in [1.29, 1.82) is 0 Å². The Balaban J connectivity index is 1.31. The van der Waals surface area contributed by atoms with E-state index in [-0.39, 0.29) is 23.8 Å². The summed E-state index contributed by atoms with van der Waals surface area (Å²) in [6.45, 7) is 3.46. The van der Waals surface area contributed by atoms with Crippen molar-refractivity contribution in [3.8, 4) is 0 Å². The molecule has 0 spiro atoms. The highest BCUT2D eigenvalue weighted by atomic mass is 16.5. The van der Waals surface area contributed by atoms with E-state index in [0.717, 1.165) is 45.3 Å². The van der Waals surface area contributed by atoms with Gasteiger partial charge in [0.1, 0.15) is 0 Å². The molecule has 0 radical (unpaired) electrons. The molecular formula is C20H27N3O3. The van der Waals surface area contributed by atoms with Gasteiger partial charge < -0.3 is 20.3 Å². The number of carbonyl (C=O) groups is 2. The molecule has 2 saturated heterocycles. The van der Waals surface area contributed by atoms with E-state index in [4.69, 9.17) is 10.5 Å². The topological polar surface area (TPSA) is 75.9 Å². The fourth-order valence-electron chi connectivity index (χ4n) is 4.69. The molecule has 0 unspecified atom stereocenters. The van der Waals surface area contributed by atoms with E-state index in [1.807, 2.05) is 11.0 Å². The number of carbonyl (C=O) groups excluding carboxylic acids is 2. The summed E-state index contributed by atoms with van der Waals surface area (Å²) in [5.41, 5.74) is 8.03. The third-order valence-electron chi connectivity index (χ3n) is 6.17. The first-order valence-corrected chi connectivity index (χ1v) is 9.65. The lowest BCUT2D eigenvalue weighted by Crippen LogP contribution is -2.47. The first kappa shape index (κ1) is 17.3. The average Bonchev–Trinajstić information content (AvgIpc) is 3.29. The second kappa shape index (κ2) is 7.27. The molecule has 3 aliphatic heterocycles. The van der Waals surface area contributed by atoms with E-state index >= 15 is 0 Å². The van der Waals surface area contributed by atoms with Crippen LogP contribution in [0.5, 0.6) is 0 Å². The van der Waals surface area contributed by atoms with Gasteiger partial charge in [0.2, 0.25) is 11.8 Å². The molecule has 140 valence electrons. The van der Waals surface area contributed by atoms with Crippen molar-refractivity contribution in [1.82, 2.24) is 4.90 Å². The number of hydrogen-bond donors (Lipinski definition) is 1. The number of fused-ring (bicyclic) bond motifs is 1. The molecule has 0 bridgehead atoms. The Hall–Kier alpha value is -2.08. The summed E-state index contributed by atoms with van der Waals surface area (Å²) in [4.78, 5) is 28.5. The Morgan fingerprint density at radius 2 is 1.88 bits per heavy atom. The Labute approximate surface area is 154 Å². The molecule has 6 heteroatoms. The smallest absolute Gasteiger partial charge is 0.242 e. The van der Waals surface area contributed by atoms with Crippen LogP contribution in [0.15, 0.2) is 24.3 Å². The fraction of sp³-hybridized carbons (Fsp3) is 0.600. The number of benzene rings is 1. The van der Waals surface area contributed by atoms with Crippen molar-refractivity contribution >= 4 is 17.5 Å². The molecule has 0 saturated carbocycles. The van der Waals surface area contributed by atoms with Crippen molar-refractivity contribution in [3.63, 3.8) is 0 Å². The van der Waals surface area contributed by atoms with Crippen molar-refractivity contribution in [2.45, 2.75) is 31.8 Å². The summed E-state index contributed by atoms with van der Waals surface area (Å²) in [6, 6.07) is 8.33. The summed E-state index contributed by atoms with van der Waals surface area (Å²) in [5, 5.41) is 0. The average molecular weight is 357 g/mol. The van der Waals surface area contributed by atoms with Crippen molar-refractivity contribution in [2.24, 2.45) is 17.6 Å². The zero-order valence-electron chi connectivity index (χ0n) is 15.1. The number of piperidine rings is 1. The van der Waals surface area contributed by atoms with E-state index in [1.54, 1.807) is 0 Å². The molecule has 2 fully saturated rings. The summed E-state index contributed by atoms with van der Waals surface area (Å²) >= 11 is 0. The van der Waals surface area contributed by atoms with Gasteiger partial charge in [0.15, 0.2) is 0 Å². The SMILES string of the molecule is NC(=O)[C@H]1CCO[C@@H]1C1CCN(C(=O)CN2CCc3ccccc32)CC1. The lowest BCUT2D eigenvalue weighted by Gasteiger charge is -2.36. The van der Waals surface area contributed by atoms with E-state index in [2.05, 4.69) is 23.1 Å². The number of likely N-dealkylation sites (tertiary alicyclic amines) is 1. The number of anilines is 1. The standard InChI is InChI=1S/C20H27N3O3/c21-20(25)16-8-12-26-19(16)15-6-9-22(10-7-15)18(24)13-23-11-5-14-3-1-2-4-17(14)23/h1-4,15-16,19H,5-13H2,(H2,21,25)/t16-,19+/m0/s1. The summed E-state index contributed by atoms with van der Waals surface area (Å²) in [5.74, 6) is 0.104. The molecule has 26 heavy (non-hydrogen) atoms. The molecule has 0 aromatic heterocycles. The van der Waals surface area contributed by atoms with E-state index in [1.165, 1.54) is 11.3 Å². The Bertz CT molecular complexity index is 685. The molecule has 2 N–H and O–H groups in total. The van der Waals surface area contributed by atoms with E-state index in [0.29, 0.717) is 19.1 Å². The lowest BCUT2D eigenvalue weighted by atomic mass is 9.84. The van der Waals surface area contributed by atoms with Gasteiger partial charge in [0, 0.05) is 31.9 Å². The predicted molar refractivity (Wildman–Crippen MR) is 98.7 cm³/mol. The van der Waals surface area contributed by atoms with Crippen molar-refractivity contribution in [3.05, 3.63) is 29.8 Å². The number of amides is 2. The third-order valence-corrected chi connectivity index (χ3v) is 6.17. The molecule has 1 aromatic rings. The second-order valence-electron chi connectivity index (χ2n) is 7.65. The van der Waals surface area contributed by atoms with Crippen molar-refractivity contribution < 1.29 is 14.3 Å². The lowest BCUT2D eigenvalue weighted by molar-refractivity contribution is -0.133. The fourth-order valence-corrected chi connectivity index (χ4v) is 4.69. The van der Waals surface area contributed by atoms with Crippen LogP contribution in [0.25, 0.3) is 0 Å². The number of nitrogens with two attached hydrogens (primary N) is 1. The van der Waals surface area contributed by atoms with Crippen LogP contribution in [-0.4, -0.2) is 55.6 Å². The van der Waals surface area contributed by atoms with Gasteiger partial charge in [-0.05, 0) is 43.2 Å². The molecule has 4 rings (SSSR count). The Morgan fingerprint density at radius 3 is 2.65 bits per heavy atom. The number of para-hydroxylation sites is 1. The second-order valence-corrected chi connectivity index (χ2v) is 7.65. The van der Waals surface area contributed by atoms with Gasteiger partial charge in [-0.1, -0.05) is 18.2 Å². The maximum absolute atomic E-state index is 12.7. The molecular weight excluding hydrogens is 330 g/mol. The first-order valence-electron chi connectivity index (χ1n) is 9.65. The summed E-state index contributed by atoms with van der Waals surface area (Å²) in [7, 11) is 0. The van der Waals surface area contributed by atoms with Crippen LogP contribution >= 0.6 is 0 Å². The maximum Gasteiger partial charge on any atom is 0.242 e. The quantitative estimate of drug-likeness (QED) is 0.878. The first-order chi connectivity index (χ1) is 12.6. The van der Waals surface area contributed by atoms with Crippen LogP contribution in [0, 0.1) is 11.8 Å². The van der Waals surface area contributed by atoms with Gasteiger partial charge in [-0.2, -0.15) is 0 Å². The highest BCUT2D eigenvalue weighted by Gasteiger charge is 2.40. The van der Waals surface area contributed by atoms with Gasteiger partial charge in [0.05, 0.1) is 18.6 Å². The van der Waals surface area contributed by atoms with E-state index < -0.39 is 0 Å². The number of nitrogens with zero attached hydrogens (tertiary/aromatic N) is 2. The number of primary amides is 1. The highest BCUT2D eigenvalue weighted by Crippen LogP contribution is 2.33. The molecule has 2 amide bonds.